The largest absolute Gasteiger partial charge is 0.493 e. The number of benzene rings is 3. The SMILES string of the molecule is COc1ccc(/C=N\NC(=O)CN(c2ccccc2C)S(=O)(=O)c2ccccc2)cc1OC. The number of rotatable bonds is 9. The number of aryl methyl sites for hydroxylation is 1. The zero-order valence-corrected chi connectivity index (χ0v) is 19.4. The van der Waals surface area contributed by atoms with E-state index in [1.165, 1.54) is 32.6 Å². The van der Waals surface area contributed by atoms with Crippen LogP contribution in [0.4, 0.5) is 5.69 Å². The molecule has 0 aliphatic heterocycles. The summed E-state index contributed by atoms with van der Waals surface area (Å²) < 4.78 is 38.2. The maximum atomic E-state index is 13.3. The van der Waals surface area contributed by atoms with Crippen LogP contribution in [0.1, 0.15) is 11.1 Å². The van der Waals surface area contributed by atoms with Crippen molar-refractivity contribution in [2.75, 3.05) is 25.1 Å². The van der Waals surface area contributed by atoms with E-state index in [-0.39, 0.29) is 4.90 Å². The molecule has 0 saturated carbocycles. The molecular formula is C24H25N3O5S. The van der Waals surface area contributed by atoms with Crippen LogP contribution in [0.25, 0.3) is 0 Å². The minimum Gasteiger partial charge on any atom is -0.493 e. The van der Waals surface area contributed by atoms with Gasteiger partial charge in [0, 0.05) is 0 Å². The molecule has 3 aromatic rings. The number of hydrogen-bond donors (Lipinski definition) is 1. The van der Waals surface area contributed by atoms with E-state index < -0.39 is 22.5 Å². The van der Waals surface area contributed by atoms with E-state index in [9.17, 15) is 13.2 Å². The van der Waals surface area contributed by atoms with Crippen molar-refractivity contribution >= 4 is 27.8 Å². The van der Waals surface area contributed by atoms with Gasteiger partial charge in [0.1, 0.15) is 6.54 Å². The van der Waals surface area contributed by atoms with E-state index in [0.29, 0.717) is 22.7 Å². The lowest BCUT2D eigenvalue weighted by molar-refractivity contribution is -0.119. The minimum atomic E-state index is -3.98. The summed E-state index contributed by atoms with van der Waals surface area (Å²) in [6.07, 6.45) is 1.43. The van der Waals surface area contributed by atoms with Crippen LogP contribution < -0.4 is 19.2 Å². The van der Waals surface area contributed by atoms with Crippen molar-refractivity contribution in [2.24, 2.45) is 5.10 Å². The Morgan fingerprint density at radius 1 is 0.970 bits per heavy atom. The first-order valence-corrected chi connectivity index (χ1v) is 11.5. The smallest absolute Gasteiger partial charge is 0.264 e. The van der Waals surface area contributed by atoms with Gasteiger partial charge >= 0.3 is 0 Å². The van der Waals surface area contributed by atoms with Gasteiger partial charge in [-0.3, -0.25) is 9.10 Å². The molecule has 1 amide bonds. The standard InChI is InChI=1S/C24H25N3O5S/c1-18-9-7-8-12-21(18)27(33(29,30)20-10-5-4-6-11-20)17-24(28)26-25-16-19-13-14-22(31-2)23(15-19)32-3/h4-16H,17H2,1-3H3,(H,26,28)/b25-16-. The summed E-state index contributed by atoms with van der Waals surface area (Å²) in [7, 11) is -0.916. The third kappa shape index (κ3) is 5.69. The summed E-state index contributed by atoms with van der Waals surface area (Å²) in [4.78, 5) is 12.7. The van der Waals surface area contributed by atoms with Crippen LogP contribution in [-0.2, 0) is 14.8 Å². The summed E-state index contributed by atoms with van der Waals surface area (Å²) in [5, 5.41) is 3.95. The lowest BCUT2D eigenvalue weighted by Gasteiger charge is -2.25. The van der Waals surface area contributed by atoms with Gasteiger partial charge in [0.05, 0.1) is 31.0 Å². The average Bonchev–Trinajstić information content (AvgIpc) is 2.83. The quantitative estimate of drug-likeness (QED) is 0.384. The predicted molar refractivity (Wildman–Crippen MR) is 127 cm³/mol. The number of nitrogens with zero attached hydrogens (tertiary/aromatic N) is 2. The molecule has 0 spiro atoms. The van der Waals surface area contributed by atoms with Crippen LogP contribution >= 0.6 is 0 Å². The van der Waals surface area contributed by atoms with Gasteiger partial charge in [-0.05, 0) is 54.4 Å². The number of methoxy groups -OCH3 is 2. The second-order valence-electron chi connectivity index (χ2n) is 7.02. The molecule has 0 radical (unpaired) electrons. The van der Waals surface area contributed by atoms with Gasteiger partial charge in [-0.15, -0.1) is 0 Å². The molecule has 0 heterocycles. The van der Waals surface area contributed by atoms with Gasteiger partial charge < -0.3 is 9.47 Å². The van der Waals surface area contributed by atoms with E-state index in [4.69, 9.17) is 9.47 Å². The van der Waals surface area contributed by atoms with Crippen LogP contribution in [0.3, 0.4) is 0 Å². The highest BCUT2D eigenvalue weighted by molar-refractivity contribution is 7.92. The Balaban J connectivity index is 1.81. The van der Waals surface area contributed by atoms with E-state index in [1.807, 2.05) is 0 Å². The molecule has 0 aliphatic carbocycles. The van der Waals surface area contributed by atoms with Crippen molar-refractivity contribution in [1.29, 1.82) is 0 Å². The summed E-state index contributed by atoms with van der Waals surface area (Å²) in [5.41, 5.74) is 4.20. The van der Waals surface area contributed by atoms with Crippen molar-refractivity contribution in [1.82, 2.24) is 5.43 Å². The highest BCUT2D eigenvalue weighted by Gasteiger charge is 2.27. The van der Waals surface area contributed by atoms with Crippen LogP contribution in [0.2, 0.25) is 0 Å². The van der Waals surface area contributed by atoms with Gasteiger partial charge in [0.2, 0.25) is 0 Å². The molecule has 0 aliphatic rings. The molecule has 3 aromatic carbocycles. The fraction of sp³-hybridized carbons (Fsp3) is 0.167. The van der Waals surface area contributed by atoms with E-state index in [1.54, 1.807) is 67.6 Å². The Hall–Kier alpha value is -3.85. The third-order valence-corrected chi connectivity index (χ3v) is 6.59. The summed E-state index contributed by atoms with van der Waals surface area (Å²) in [5.74, 6) is 0.501. The summed E-state index contributed by atoms with van der Waals surface area (Å²) in [6.45, 7) is 1.35. The lowest BCUT2D eigenvalue weighted by Crippen LogP contribution is -2.40. The number of carbonyl (C=O) groups excluding carboxylic acids is 1. The number of carbonyl (C=O) groups is 1. The number of nitrogens with one attached hydrogen (secondary N) is 1. The number of amides is 1. The zero-order chi connectivity index (χ0) is 23.8. The molecule has 8 nitrogen and oxygen atoms in total. The Bertz CT molecular complexity index is 1240. The summed E-state index contributed by atoms with van der Waals surface area (Å²) in [6, 6.07) is 20.1. The fourth-order valence-electron chi connectivity index (χ4n) is 3.14. The Labute approximate surface area is 193 Å². The average molecular weight is 468 g/mol. The van der Waals surface area contributed by atoms with E-state index in [2.05, 4.69) is 10.5 Å². The highest BCUT2D eigenvalue weighted by Crippen LogP contribution is 2.27. The van der Waals surface area contributed by atoms with E-state index in [0.717, 1.165) is 9.87 Å². The molecule has 9 heteroatoms. The van der Waals surface area contributed by atoms with Crippen molar-refractivity contribution in [2.45, 2.75) is 11.8 Å². The maximum Gasteiger partial charge on any atom is 0.264 e. The van der Waals surface area contributed by atoms with Crippen LogP contribution in [0.15, 0.2) is 82.8 Å². The first kappa shape index (κ1) is 23.8. The Morgan fingerprint density at radius 3 is 2.30 bits per heavy atom. The molecule has 1 N–H and O–H groups in total. The minimum absolute atomic E-state index is 0.0925. The summed E-state index contributed by atoms with van der Waals surface area (Å²) >= 11 is 0. The number of hydrogen-bond acceptors (Lipinski definition) is 6. The van der Waals surface area contributed by atoms with Crippen molar-refractivity contribution in [3.05, 3.63) is 83.9 Å². The number of ether oxygens (including phenoxy) is 2. The molecule has 0 unspecified atom stereocenters. The van der Waals surface area contributed by atoms with Crippen LogP contribution in [0.5, 0.6) is 11.5 Å². The second kappa shape index (κ2) is 10.6. The Morgan fingerprint density at radius 2 is 1.64 bits per heavy atom. The molecule has 3 rings (SSSR count). The van der Waals surface area contributed by atoms with Gasteiger partial charge in [-0.1, -0.05) is 36.4 Å². The highest BCUT2D eigenvalue weighted by atomic mass is 32.2. The Kier molecular flexibility index (Phi) is 7.68. The van der Waals surface area contributed by atoms with Gasteiger partial charge in [-0.2, -0.15) is 5.10 Å². The predicted octanol–water partition coefficient (Wildman–Crippen LogP) is 3.36. The van der Waals surface area contributed by atoms with Gasteiger partial charge in [0.25, 0.3) is 15.9 Å². The van der Waals surface area contributed by atoms with Crippen molar-refractivity contribution in [3.63, 3.8) is 0 Å². The first-order valence-electron chi connectivity index (χ1n) is 10.0. The van der Waals surface area contributed by atoms with Gasteiger partial charge in [0.15, 0.2) is 11.5 Å². The molecule has 0 fully saturated rings. The molecule has 0 bridgehead atoms. The second-order valence-corrected chi connectivity index (χ2v) is 8.88. The molecule has 172 valence electrons. The van der Waals surface area contributed by atoms with Crippen LogP contribution in [-0.4, -0.2) is 41.3 Å². The van der Waals surface area contributed by atoms with Crippen molar-refractivity contribution < 1.29 is 22.7 Å². The molecular weight excluding hydrogens is 442 g/mol. The fourth-order valence-corrected chi connectivity index (χ4v) is 4.65. The molecule has 0 atom stereocenters. The maximum absolute atomic E-state index is 13.3. The molecule has 0 aromatic heterocycles. The van der Waals surface area contributed by atoms with Gasteiger partial charge in [-0.25, -0.2) is 13.8 Å². The topological polar surface area (TPSA) is 97.3 Å². The van der Waals surface area contributed by atoms with Crippen molar-refractivity contribution in [3.8, 4) is 11.5 Å². The molecule has 0 saturated heterocycles. The lowest BCUT2D eigenvalue weighted by atomic mass is 10.2. The van der Waals surface area contributed by atoms with E-state index >= 15 is 0 Å². The number of sulfonamides is 1. The number of anilines is 1. The zero-order valence-electron chi connectivity index (χ0n) is 18.6. The normalized spacial score (nSPS) is 11.2. The third-order valence-electron chi connectivity index (χ3n) is 4.81. The number of hydrazone groups is 1. The first-order chi connectivity index (χ1) is 15.9. The number of para-hydroxylation sites is 1. The van der Waals surface area contributed by atoms with Crippen LogP contribution in [0, 0.1) is 6.92 Å². The molecule has 33 heavy (non-hydrogen) atoms. The monoisotopic (exact) mass is 467 g/mol.